The molecule has 0 aliphatic heterocycles. The van der Waals surface area contributed by atoms with Gasteiger partial charge in [0.15, 0.2) is 18.1 Å². The van der Waals surface area contributed by atoms with Crippen LogP contribution in [0.15, 0.2) is 47.6 Å². The molecule has 136 valence electrons. The van der Waals surface area contributed by atoms with Gasteiger partial charge in [-0.1, -0.05) is 12.1 Å². The second-order valence-electron chi connectivity index (χ2n) is 5.06. The number of hydrogen-bond donors (Lipinski definition) is 2. The lowest BCUT2D eigenvalue weighted by Gasteiger charge is -2.12. The van der Waals surface area contributed by atoms with Crippen molar-refractivity contribution in [2.75, 3.05) is 26.1 Å². The number of para-hydroxylation sites is 1. The van der Waals surface area contributed by atoms with E-state index in [1.165, 1.54) is 20.4 Å². The standard InChI is InChI=1S/C18H19N3O5/c1-24-16-9-12(10-20-19)7-8-15(16)26-11-17(22)21-14-6-4-3-5-13(14)18(23)25-2/h3-10H,11,19H2,1-2H3,(H,21,22). The van der Waals surface area contributed by atoms with Crippen LogP contribution < -0.4 is 20.6 Å². The topological polar surface area (TPSA) is 112 Å². The molecule has 0 radical (unpaired) electrons. The van der Waals surface area contributed by atoms with Crippen molar-refractivity contribution in [2.24, 2.45) is 10.9 Å². The Morgan fingerprint density at radius 1 is 1.15 bits per heavy atom. The number of amides is 1. The van der Waals surface area contributed by atoms with E-state index in [0.717, 1.165) is 5.56 Å². The number of rotatable bonds is 7. The Morgan fingerprint density at radius 3 is 2.62 bits per heavy atom. The first-order valence-electron chi connectivity index (χ1n) is 7.60. The van der Waals surface area contributed by atoms with Gasteiger partial charge in [-0.05, 0) is 35.9 Å². The number of nitrogens with two attached hydrogens (primary N) is 1. The van der Waals surface area contributed by atoms with Crippen molar-refractivity contribution in [3.63, 3.8) is 0 Å². The zero-order valence-electron chi connectivity index (χ0n) is 14.4. The Bertz CT molecular complexity index is 820. The number of ether oxygens (including phenoxy) is 3. The van der Waals surface area contributed by atoms with Crippen molar-refractivity contribution in [3.05, 3.63) is 53.6 Å². The molecular formula is C18H19N3O5. The molecule has 2 rings (SSSR count). The highest BCUT2D eigenvalue weighted by molar-refractivity contribution is 6.01. The summed E-state index contributed by atoms with van der Waals surface area (Å²) in [4.78, 5) is 23.9. The van der Waals surface area contributed by atoms with Crippen molar-refractivity contribution in [3.8, 4) is 11.5 Å². The average molecular weight is 357 g/mol. The molecule has 0 bridgehead atoms. The number of carbonyl (C=O) groups excluding carboxylic acids is 2. The molecular weight excluding hydrogens is 338 g/mol. The van der Waals surface area contributed by atoms with E-state index in [-0.39, 0.29) is 12.2 Å². The van der Waals surface area contributed by atoms with Crippen LogP contribution in [-0.2, 0) is 9.53 Å². The Balaban J connectivity index is 2.05. The van der Waals surface area contributed by atoms with Crippen LogP contribution >= 0.6 is 0 Å². The maximum absolute atomic E-state index is 12.2. The quantitative estimate of drug-likeness (QED) is 0.338. The predicted molar refractivity (Wildman–Crippen MR) is 96.7 cm³/mol. The SMILES string of the molecule is COC(=O)c1ccccc1NC(=O)COc1ccc(C=NN)cc1OC. The van der Waals surface area contributed by atoms with Gasteiger partial charge in [-0.3, -0.25) is 4.79 Å². The van der Waals surface area contributed by atoms with E-state index in [2.05, 4.69) is 10.4 Å². The van der Waals surface area contributed by atoms with Crippen molar-refractivity contribution in [1.29, 1.82) is 0 Å². The molecule has 2 aromatic carbocycles. The molecule has 1 amide bonds. The molecule has 0 spiro atoms. The van der Waals surface area contributed by atoms with Gasteiger partial charge in [0.2, 0.25) is 0 Å². The third kappa shape index (κ3) is 4.73. The zero-order chi connectivity index (χ0) is 18.9. The Morgan fingerprint density at radius 2 is 1.92 bits per heavy atom. The second kappa shape index (κ2) is 9.07. The van der Waals surface area contributed by atoms with Crippen LogP contribution in [0.3, 0.4) is 0 Å². The van der Waals surface area contributed by atoms with Gasteiger partial charge in [-0.15, -0.1) is 0 Å². The van der Waals surface area contributed by atoms with Gasteiger partial charge in [0.05, 0.1) is 31.7 Å². The van der Waals surface area contributed by atoms with Crippen LogP contribution in [-0.4, -0.2) is 38.9 Å². The first kappa shape index (κ1) is 18.8. The van der Waals surface area contributed by atoms with Crippen LogP contribution in [0.2, 0.25) is 0 Å². The first-order valence-corrected chi connectivity index (χ1v) is 7.60. The first-order chi connectivity index (χ1) is 12.6. The number of nitrogens with zero attached hydrogens (tertiary/aromatic N) is 1. The maximum atomic E-state index is 12.2. The molecule has 2 aromatic rings. The van der Waals surface area contributed by atoms with E-state index >= 15 is 0 Å². The van der Waals surface area contributed by atoms with Crippen molar-refractivity contribution in [1.82, 2.24) is 0 Å². The van der Waals surface area contributed by atoms with Gasteiger partial charge in [0.1, 0.15) is 0 Å². The zero-order valence-corrected chi connectivity index (χ0v) is 14.4. The number of benzene rings is 2. The van der Waals surface area contributed by atoms with Crippen molar-refractivity contribution < 1.29 is 23.8 Å². The third-order valence-corrected chi connectivity index (χ3v) is 3.38. The third-order valence-electron chi connectivity index (χ3n) is 3.38. The molecule has 8 nitrogen and oxygen atoms in total. The normalized spacial score (nSPS) is 10.4. The summed E-state index contributed by atoms with van der Waals surface area (Å²) in [6.07, 6.45) is 1.46. The molecule has 0 heterocycles. The van der Waals surface area contributed by atoms with Gasteiger partial charge in [0.25, 0.3) is 5.91 Å². The monoisotopic (exact) mass is 357 g/mol. The maximum Gasteiger partial charge on any atom is 0.339 e. The highest BCUT2D eigenvalue weighted by atomic mass is 16.5. The number of carbonyl (C=O) groups is 2. The lowest BCUT2D eigenvalue weighted by molar-refractivity contribution is -0.118. The predicted octanol–water partition coefficient (Wildman–Crippen LogP) is 1.79. The van der Waals surface area contributed by atoms with Gasteiger partial charge in [-0.2, -0.15) is 5.10 Å². The molecule has 0 aliphatic carbocycles. The molecule has 26 heavy (non-hydrogen) atoms. The molecule has 0 fully saturated rings. The second-order valence-corrected chi connectivity index (χ2v) is 5.06. The summed E-state index contributed by atoms with van der Waals surface area (Å²) in [6.45, 7) is -0.268. The van der Waals surface area contributed by atoms with E-state index in [9.17, 15) is 9.59 Å². The summed E-state index contributed by atoms with van der Waals surface area (Å²) in [6, 6.07) is 11.6. The van der Waals surface area contributed by atoms with Crippen molar-refractivity contribution in [2.45, 2.75) is 0 Å². The van der Waals surface area contributed by atoms with Crippen LogP contribution in [0.25, 0.3) is 0 Å². The number of esters is 1. The number of hydrazone groups is 1. The van der Waals surface area contributed by atoms with Gasteiger partial charge >= 0.3 is 5.97 Å². The Labute approximate surface area is 150 Å². The lowest BCUT2D eigenvalue weighted by atomic mass is 10.2. The molecule has 0 atom stereocenters. The summed E-state index contributed by atoms with van der Waals surface area (Å²) < 4.78 is 15.4. The van der Waals surface area contributed by atoms with E-state index < -0.39 is 11.9 Å². The minimum Gasteiger partial charge on any atom is -0.493 e. The molecule has 0 saturated carbocycles. The molecule has 3 N–H and O–H groups in total. The van der Waals surface area contributed by atoms with Crippen LogP contribution in [0.1, 0.15) is 15.9 Å². The largest absolute Gasteiger partial charge is 0.493 e. The average Bonchev–Trinajstić information content (AvgIpc) is 2.67. The summed E-state index contributed by atoms with van der Waals surface area (Å²) in [5.41, 5.74) is 1.33. The van der Waals surface area contributed by atoms with Crippen LogP contribution in [0.5, 0.6) is 11.5 Å². The van der Waals surface area contributed by atoms with Crippen molar-refractivity contribution >= 4 is 23.8 Å². The summed E-state index contributed by atoms with van der Waals surface area (Å²) in [5.74, 6) is 4.96. The summed E-state index contributed by atoms with van der Waals surface area (Å²) in [5, 5.41) is 6.06. The molecule has 8 heteroatoms. The molecule has 0 saturated heterocycles. The highest BCUT2D eigenvalue weighted by Crippen LogP contribution is 2.27. The fourth-order valence-corrected chi connectivity index (χ4v) is 2.18. The van der Waals surface area contributed by atoms with Gasteiger partial charge < -0.3 is 25.4 Å². The Hall–Kier alpha value is -3.55. The molecule has 0 unspecified atom stereocenters. The fraction of sp³-hybridized carbons (Fsp3) is 0.167. The minimum absolute atomic E-state index is 0.256. The van der Waals surface area contributed by atoms with Gasteiger partial charge in [-0.25, -0.2) is 4.79 Å². The molecule has 0 aromatic heterocycles. The van der Waals surface area contributed by atoms with Gasteiger partial charge in [0, 0.05) is 0 Å². The summed E-state index contributed by atoms with van der Waals surface area (Å²) in [7, 11) is 2.76. The van der Waals surface area contributed by atoms with E-state index in [0.29, 0.717) is 17.2 Å². The molecule has 0 aliphatic rings. The van der Waals surface area contributed by atoms with E-state index in [1.807, 2.05) is 0 Å². The van der Waals surface area contributed by atoms with E-state index in [4.69, 9.17) is 20.1 Å². The summed E-state index contributed by atoms with van der Waals surface area (Å²) >= 11 is 0. The minimum atomic E-state index is -0.541. The fourth-order valence-electron chi connectivity index (χ4n) is 2.18. The van der Waals surface area contributed by atoms with Crippen LogP contribution in [0.4, 0.5) is 5.69 Å². The Kier molecular flexibility index (Phi) is 6.55. The van der Waals surface area contributed by atoms with Crippen LogP contribution in [0, 0.1) is 0 Å². The number of hydrogen-bond acceptors (Lipinski definition) is 7. The smallest absolute Gasteiger partial charge is 0.339 e. The number of anilines is 1. The number of nitrogens with one attached hydrogen (secondary N) is 1. The number of methoxy groups -OCH3 is 2. The lowest BCUT2D eigenvalue weighted by Crippen LogP contribution is -2.22. The highest BCUT2D eigenvalue weighted by Gasteiger charge is 2.14. The van der Waals surface area contributed by atoms with E-state index in [1.54, 1.807) is 42.5 Å².